The van der Waals surface area contributed by atoms with Crippen molar-refractivity contribution in [2.75, 3.05) is 24.3 Å². The Labute approximate surface area is 120 Å². The second-order valence-electron chi connectivity index (χ2n) is 4.23. The average molecular weight is 320 g/mol. The quantitative estimate of drug-likeness (QED) is 0.945. The number of hydrogen-bond acceptors (Lipinski definition) is 3. The molecule has 0 saturated heterocycles. The van der Waals surface area contributed by atoms with E-state index >= 15 is 0 Å². The molecule has 0 aliphatic carbocycles. The maximum atomic E-state index is 12.3. The summed E-state index contributed by atoms with van der Waals surface area (Å²) in [6.07, 6.45) is 1.67. The van der Waals surface area contributed by atoms with Crippen molar-refractivity contribution >= 4 is 33.3 Å². The van der Waals surface area contributed by atoms with Crippen molar-refractivity contribution in [1.29, 1.82) is 0 Å². The molecule has 1 aromatic carbocycles. The predicted molar refractivity (Wildman–Crippen MR) is 80.7 cm³/mol. The molecule has 98 valence electrons. The van der Waals surface area contributed by atoms with E-state index in [9.17, 15) is 4.79 Å². The van der Waals surface area contributed by atoms with Gasteiger partial charge in [0.05, 0.1) is 5.56 Å². The van der Waals surface area contributed by atoms with Crippen LogP contribution in [-0.4, -0.2) is 25.0 Å². The van der Waals surface area contributed by atoms with Crippen molar-refractivity contribution in [3.8, 4) is 0 Å². The topological polar surface area (TPSA) is 45.2 Å². The Morgan fingerprint density at radius 1 is 1.26 bits per heavy atom. The number of rotatable bonds is 3. The molecule has 1 N–H and O–H groups in total. The lowest BCUT2D eigenvalue weighted by Gasteiger charge is -2.15. The van der Waals surface area contributed by atoms with Gasteiger partial charge in [-0.15, -0.1) is 0 Å². The number of hydrogen-bond donors (Lipinski definition) is 1. The van der Waals surface area contributed by atoms with Gasteiger partial charge in [-0.2, -0.15) is 0 Å². The molecule has 0 radical (unpaired) electrons. The van der Waals surface area contributed by atoms with Crippen LogP contribution in [0.1, 0.15) is 10.4 Å². The first-order valence-electron chi connectivity index (χ1n) is 5.77. The number of halogens is 1. The highest BCUT2D eigenvalue weighted by Crippen LogP contribution is 2.19. The second kappa shape index (κ2) is 5.84. The second-order valence-corrected chi connectivity index (χ2v) is 5.15. The van der Waals surface area contributed by atoms with Gasteiger partial charge in [-0.1, -0.05) is 22.0 Å². The van der Waals surface area contributed by atoms with Crippen LogP contribution >= 0.6 is 15.9 Å². The molecule has 0 aliphatic heterocycles. The van der Waals surface area contributed by atoms with Gasteiger partial charge in [0, 0.05) is 30.5 Å². The maximum Gasteiger partial charge on any atom is 0.259 e. The van der Waals surface area contributed by atoms with E-state index in [4.69, 9.17) is 0 Å². The Kier molecular flexibility index (Phi) is 4.16. The molecule has 1 amide bonds. The standard InChI is InChI=1S/C14H14BrN3O/c1-18(2)13-12(7-4-8-16-13)14(19)17-11-6-3-5-10(15)9-11/h3-9H,1-2H3,(H,17,19). The van der Waals surface area contributed by atoms with Crippen LogP contribution in [0.25, 0.3) is 0 Å². The van der Waals surface area contributed by atoms with E-state index < -0.39 is 0 Å². The van der Waals surface area contributed by atoms with Crippen LogP contribution in [0.2, 0.25) is 0 Å². The summed E-state index contributed by atoms with van der Waals surface area (Å²) in [4.78, 5) is 18.3. The van der Waals surface area contributed by atoms with E-state index in [0.29, 0.717) is 11.4 Å². The van der Waals surface area contributed by atoms with E-state index in [1.807, 2.05) is 43.3 Å². The molecule has 0 unspecified atom stereocenters. The van der Waals surface area contributed by atoms with Crippen molar-refractivity contribution in [1.82, 2.24) is 4.98 Å². The highest BCUT2D eigenvalue weighted by atomic mass is 79.9. The largest absolute Gasteiger partial charge is 0.362 e. The summed E-state index contributed by atoms with van der Waals surface area (Å²) in [6, 6.07) is 11.0. The molecule has 0 bridgehead atoms. The number of anilines is 2. The van der Waals surface area contributed by atoms with Crippen molar-refractivity contribution in [2.45, 2.75) is 0 Å². The third-order valence-electron chi connectivity index (χ3n) is 2.54. The first-order valence-corrected chi connectivity index (χ1v) is 6.56. The van der Waals surface area contributed by atoms with Crippen molar-refractivity contribution < 1.29 is 4.79 Å². The first-order chi connectivity index (χ1) is 9.08. The summed E-state index contributed by atoms with van der Waals surface area (Å²) >= 11 is 3.37. The van der Waals surface area contributed by atoms with Gasteiger partial charge >= 0.3 is 0 Å². The summed E-state index contributed by atoms with van der Waals surface area (Å²) < 4.78 is 0.921. The van der Waals surface area contributed by atoms with Crippen LogP contribution in [0, 0.1) is 0 Å². The minimum absolute atomic E-state index is 0.171. The molecule has 1 heterocycles. The first kappa shape index (κ1) is 13.5. The molecule has 19 heavy (non-hydrogen) atoms. The molecule has 0 spiro atoms. The van der Waals surface area contributed by atoms with Gasteiger partial charge < -0.3 is 10.2 Å². The normalized spacial score (nSPS) is 10.1. The molecule has 1 aromatic heterocycles. The third-order valence-corrected chi connectivity index (χ3v) is 3.03. The van der Waals surface area contributed by atoms with E-state index in [0.717, 1.165) is 10.2 Å². The Morgan fingerprint density at radius 2 is 2.05 bits per heavy atom. The number of pyridine rings is 1. The lowest BCUT2D eigenvalue weighted by atomic mass is 10.2. The lowest BCUT2D eigenvalue weighted by molar-refractivity contribution is 0.102. The van der Waals surface area contributed by atoms with Crippen LogP contribution in [0.5, 0.6) is 0 Å². The molecule has 0 aliphatic rings. The highest BCUT2D eigenvalue weighted by Gasteiger charge is 2.13. The Morgan fingerprint density at radius 3 is 2.74 bits per heavy atom. The van der Waals surface area contributed by atoms with Gasteiger partial charge in [0.1, 0.15) is 5.82 Å². The number of benzene rings is 1. The van der Waals surface area contributed by atoms with Gasteiger partial charge in [-0.05, 0) is 30.3 Å². The number of nitrogens with zero attached hydrogens (tertiary/aromatic N) is 2. The number of amides is 1. The summed E-state index contributed by atoms with van der Waals surface area (Å²) in [5.74, 6) is 0.477. The van der Waals surface area contributed by atoms with E-state index in [-0.39, 0.29) is 5.91 Å². The van der Waals surface area contributed by atoms with E-state index in [1.165, 1.54) is 0 Å². The van der Waals surface area contributed by atoms with Gasteiger partial charge in [-0.3, -0.25) is 4.79 Å². The van der Waals surface area contributed by atoms with Crippen LogP contribution in [-0.2, 0) is 0 Å². The van der Waals surface area contributed by atoms with Gasteiger partial charge in [-0.25, -0.2) is 4.98 Å². The summed E-state index contributed by atoms with van der Waals surface area (Å²) in [5.41, 5.74) is 1.29. The van der Waals surface area contributed by atoms with E-state index in [1.54, 1.807) is 18.3 Å². The zero-order valence-corrected chi connectivity index (χ0v) is 12.3. The van der Waals surface area contributed by atoms with Crippen LogP contribution in [0.15, 0.2) is 47.1 Å². The third kappa shape index (κ3) is 3.32. The Balaban J connectivity index is 2.25. The van der Waals surface area contributed by atoms with Crippen molar-refractivity contribution in [2.24, 2.45) is 0 Å². The van der Waals surface area contributed by atoms with Crippen molar-refractivity contribution in [3.63, 3.8) is 0 Å². The maximum absolute atomic E-state index is 12.3. The van der Waals surface area contributed by atoms with Crippen LogP contribution in [0.4, 0.5) is 11.5 Å². The molecule has 2 rings (SSSR count). The van der Waals surface area contributed by atoms with Crippen LogP contribution in [0.3, 0.4) is 0 Å². The monoisotopic (exact) mass is 319 g/mol. The zero-order chi connectivity index (χ0) is 13.8. The summed E-state index contributed by atoms with van der Waals surface area (Å²) in [6.45, 7) is 0. The predicted octanol–water partition coefficient (Wildman–Crippen LogP) is 3.16. The molecule has 0 saturated carbocycles. The zero-order valence-electron chi connectivity index (χ0n) is 10.7. The molecular weight excluding hydrogens is 306 g/mol. The molecule has 0 fully saturated rings. The molecule has 4 nitrogen and oxygen atoms in total. The SMILES string of the molecule is CN(C)c1ncccc1C(=O)Nc1cccc(Br)c1. The number of carbonyl (C=O) groups excluding carboxylic acids is 1. The molecule has 5 heteroatoms. The molecule has 2 aromatic rings. The number of aromatic nitrogens is 1. The summed E-state index contributed by atoms with van der Waals surface area (Å²) in [7, 11) is 3.72. The van der Waals surface area contributed by atoms with E-state index in [2.05, 4.69) is 26.2 Å². The summed E-state index contributed by atoms with van der Waals surface area (Å²) in [5, 5.41) is 2.86. The van der Waals surface area contributed by atoms with Gasteiger partial charge in [0.25, 0.3) is 5.91 Å². The van der Waals surface area contributed by atoms with Crippen molar-refractivity contribution in [3.05, 3.63) is 52.6 Å². The minimum Gasteiger partial charge on any atom is -0.362 e. The fourth-order valence-electron chi connectivity index (χ4n) is 1.70. The fraction of sp³-hybridized carbons (Fsp3) is 0.143. The number of carbonyl (C=O) groups is 1. The number of nitrogens with one attached hydrogen (secondary N) is 1. The minimum atomic E-state index is -0.171. The molecule has 0 atom stereocenters. The Hall–Kier alpha value is -1.88. The van der Waals surface area contributed by atoms with Gasteiger partial charge in [0.2, 0.25) is 0 Å². The molecular formula is C14H14BrN3O. The smallest absolute Gasteiger partial charge is 0.259 e. The highest BCUT2D eigenvalue weighted by molar-refractivity contribution is 9.10. The lowest BCUT2D eigenvalue weighted by Crippen LogP contribution is -2.19. The van der Waals surface area contributed by atoms with Gasteiger partial charge in [0.15, 0.2) is 0 Å². The Bertz CT molecular complexity index is 599. The van der Waals surface area contributed by atoms with Crippen LogP contribution < -0.4 is 10.2 Å². The average Bonchev–Trinajstić information content (AvgIpc) is 2.38. The fourth-order valence-corrected chi connectivity index (χ4v) is 2.09.